The number of hydrogen-bond donors (Lipinski definition) is 4. The molecule has 0 fully saturated rings. The zero-order chi connectivity index (χ0) is 23.0. The van der Waals surface area contributed by atoms with Crippen LogP contribution in [0, 0.1) is 0 Å². The molecule has 0 bridgehead atoms. The largest absolute Gasteiger partial charge is 0.461 e. The van der Waals surface area contributed by atoms with Crippen molar-refractivity contribution in [3.8, 4) is 11.3 Å². The molecule has 1 aromatic heterocycles. The molecule has 0 spiro atoms. The van der Waals surface area contributed by atoms with Crippen molar-refractivity contribution in [1.29, 1.82) is 0 Å². The van der Waals surface area contributed by atoms with Gasteiger partial charge >= 0.3 is 7.12 Å². The summed E-state index contributed by atoms with van der Waals surface area (Å²) in [5, 5.41) is 24.9. The van der Waals surface area contributed by atoms with Gasteiger partial charge in [-0.2, -0.15) is 0 Å². The lowest BCUT2D eigenvalue weighted by molar-refractivity contribution is -0.119. The molecule has 0 radical (unpaired) electrons. The second kappa shape index (κ2) is 10.7. The van der Waals surface area contributed by atoms with Gasteiger partial charge in [0.05, 0.1) is 23.5 Å². The molecule has 1 heterocycles. The first kappa shape index (κ1) is 23.2. The van der Waals surface area contributed by atoms with Crippen molar-refractivity contribution in [2.75, 3.05) is 0 Å². The minimum absolute atomic E-state index is 0.219. The van der Waals surface area contributed by atoms with Gasteiger partial charge in [0.1, 0.15) is 0 Å². The quantitative estimate of drug-likeness (QED) is 0.378. The van der Waals surface area contributed by atoms with Crippen LogP contribution in [0.4, 0.5) is 0 Å². The zero-order valence-corrected chi connectivity index (χ0v) is 17.8. The Labute approximate surface area is 187 Å². The Morgan fingerprint density at radius 2 is 1.81 bits per heavy atom. The molecule has 2 atom stereocenters. The minimum Gasteiger partial charge on any atom is -0.427 e. The first-order chi connectivity index (χ1) is 15.4. The summed E-state index contributed by atoms with van der Waals surface area (Å²) in [6.07, 6.45) is 9.55. The normalized spacial score (nSPS) is 19.7. The first-order valence-corrected chi connectivity index (χ1v) is 10.4. The number of aromatic nitrogens is 1. The Morgan fingerprint density at radius 3 is 2.53 bits per heavy atom. The Balaban J connectivity index is 1.57. The second-order valence-electron chi connectivity index (χ2n) is 7.50. The molecule has 0 aliphatic heterocycles. The molecule has 1 aliphatic rings. The molecule has 32 heavy (non-hydrogen) atoms. The topological polar surface area (TPSA) is 112 Å². The van der Waals surface area contributed by atoms with Gasteiger partial charge in [0.15, 0.2) is 0 Å². The van der Waals surface area contributed by atoms with E-state index in [2.05, 4.69) is 15.6 Å². The van der Waals surface area contributed by atoms with Crippen LogP contribution < -0.4 is 10.6 Å². The highest BCUT2D eigenvalue weighted by molar-refractivity contribution is 6.44. The van der Waals surface area contributed by atoms with Crippen molar-refractivity contribution in [3.63, 3.8) is 0 Å². The molecule has 164 valence electrons. The van der Waals surface area contributed by atoms with E-state index in [1.807, 2.05) is 55.5 Å². The highest BCUT2D eigenvalue weighted by atomic mass is 16.4. The highest BCUT2D eigenvalue weighted by Gasteiger charge is 2.42. The Bertz CT molecular complexity index is 1040. The Kier molecular flexibility index (Phi) is 7.75. The summed E-state index contributed by atoms with van der Waals surface area (Å²) in [6.45, 7) is 2.06. The van der Waals surface area contributed by atoms with Crippen LogP contribution in [0.3, 0.4) is 0 Å². The molecule has 0 saturated carbocycles. The van der Waals surface area contributed by atoms with Gasteiger partial charge in [-0.3, -0.25) is 14.6 Å². The fourth-order valence-electron chi connectivity index (χ4n) is 3.63. The summed E-state index contributed by atoms with van der Waals surface area (Å²) in [4.78, 5) is 29.1. The molecular weight excluding hydrogens is 405 g/mol. The standard InChI is InChI=1S/C24H26BN3O4/c1-2-24(16-7-6-13-21(24)25(31)32)28-23(30)15-14-22(29)26-17-19-11-8-12-20(27-19)18-9-4-3-5-10-18/h3-16,21,31-32H,2,17H2,1H3,(H,26,29)(H,28,30)/b15-14+/t21?,24-/m0/s1. The average molecular weight is 431 g/mol. The fourth-order valence-corrected chi connectivity index (χ4v) is 3.63. The molecule has 3 rings (SSSR count). The number of pyridine rings is 1. The number of carbonyl (C=O) groups excluding carboxylic acids is 2. The van der Waals surface area contributed by atoms with E-state index >= 15 is 0 Å². The summed E-state index contributed by atoms with van der Waals surface area (Å²) >= 11 is 0. The molecule has 1 aliphatic carbocycles. The van der Waals surface area contributed by atoms with E-state index in [0.29, 0.717) is 12.1 Å². The fraction of sp³-hybridized carbons (Fsp3) is 0.208. The summed E-state index contributed by atoms with van der Waals surface area (Å²) < 4.78 is 0. The lowest BCUT2D eigenvalue weighted by Gasteiger charge is -2.38. The summed E-state index contributed by atoms with van der Waals surface area (Å²) in [5.41, 5.74) is 1.55. The average Bonchev–Trinajstić information content (AvgIpc) is 2.82. The van der Waals surface area contributed by atoms with Crippen LogP contribution in [-0.2, 0) is 16.1 Å². The Hall–Kier alpha value is -3.49. The van der Waals surface area contributed by atoms with Gasteiger partial charge in [-0.25, -0.2) is 0 Å². The van der Waals surface area contributed by atoms with Crippen molar-refractivity contribution in [3.05, 3.63) is 90.7 Å². The number of rotatable bonds is 8. The third-order valence-electron chi connectivity index (χ3n) is 5.39. The Morgan fingerprint density at radius 1 is 1.06 bits per heavy atom. The molecule has 1 aromatic carbocycles. The number of amides is 2. The van der Waals surface area contributed by atoms with Gasteiger partial charge in [-0.1, -0.05) is 67.6 Å². The molecule has 2 amide bonds. The summed E-state index contributed by atoms with van der Waals surface area (Å²) in [5.74, 6) is -1.63. The number of allylic oxidation sites excluding steroid dienone is 2. The van der Waals surface area contributed by atoms with Crippen molar-refractivity contribution < 1.29 is 19.6 Å². The number of hydrogen-bond acceptors (Lipinski definition) is 5. The van der Waals surface area contributed by atoms with Crippen LogP contribution in [0.5, 0.6) is 0 Å². The van der Waals surface area contributed by atoms with Crippen molar-refractivity contribution in [1.82, 2.24) is 15.6 Å². The SMILES string of the molecule is CC[C@]1(NC(=O)/C=C/C(=O)NCc2cccc(-c3ccccc3)n2)C=CC=CC1B(O)O. The predicted molar refractivity (Wildman–Crippen MR) is 124 cm³/mol. The van der Waals surface area contributed by atoms with E-state index in [1.54, 1.807) is 24.3 Å². The lowest BCUT2D eigenvalue weighted by Crippen LogP contribution is -2.53. The highest BCUT2D eigenvalue weighted by Crippen LogP contribution is 2.33. The van der Waals surface area contributed by atoms with Gasteiger partial charge < -0.3 is 20.7 Å². The first-order valence-electron chi connectivity index (χ1n) is 10.4. The van der Waals surface area contributed by atoms with E-state index in [-0.39, 0.29) is 6.54 Å². The number of nitrogens with zero attached hydrogens (tertiary/aromatic N) is 1. The molecule has 4 N–H and O–H groups in total. The summed E-state index contributed by atoms with van der Waals surface area (Å²) in [6, 6.07) is 15.3. The minimum atomic E-state index is -1.62. The molecule has 7 nitrogen and oxygen atoms in total. The maximum atomic E-state index is 12.4. The van der Waals surface area contributed by atoms with Gasteiger partial charge in [0.25, 0.3) is 0 Å². The smallest absolute Gasteiger partial charge is 0.427 e. The maximum Gasteiger partial charge on any atom is 0.461 e. The number of nitrogens with one attached hydrogen (secondary N) is 2. The molecular formula is C24H26BN3O4. The van der Waals surface area contributed by atoms with Gasteiger partial charge in [0, 0.05) is 23.5 Å². The monoisotopic (exact) mass is 431 g/mol. The van der Waals surface area contributed by atoms with Crippen molar-refractivity contribution in [2.45, 2.75) is 31.2 Å². The van der Waals surface area contributed by atoms with Crippen LogP contribution in [0.2, 0.25) is 5.82 Å². The van der Waals surface area contributed by atoms with Crippen LogP contribution in [0.15, 0.2) is 85.0 Å². The predicted octanol–water partition coefficient (Wildman–Crippen LogP) is 2.16. The van der Waals surface area contributed by atoms with Crippen LogP contribution in [0.1, 0.15) is 19.0 Å². The molecule has 8 heteroatoms. The number of carbonyl (C=O) groups is 2. The van der Waals surface area contributed by atoms with Gasteiger partial charge in [-0.15, -0.1) is 0 Å². The second-order valence-corrected chi connectivity index (χ2v) is 7.50. The lowest BCUT2D eigenvalue weighted by atomic mass is 9.59. The third-order valence-corrected chi connectivity index (χ3v) is 5.39. The molecule has 0 saturated heterocycles. The van der Waals surface area contributed by atoms with Gasteiger partial charge in [-0.05, 0) is 18.6 Å². The van der Waals surface area contributed by atoms with E-state index in [1.165, 1.54) is 0 Å². The third kappa shape index (κ3) is 5.81. The molecule has 2 aromatic rings. The van der Waals surface area contributed by atoms with E-state index in [9.17, 15) is 19.6 Å². The van der Waals surface area contributed by atoms with Crippen molar-refractivity contribution >= 4 is 18.9 Å². The van der Waals surface area contributed by atoms with E-state index < -0.39 is 30.3 Å². The maximum absolute atomic E-state index is 12.4. The van der Waals surface area contributed by atoms with Crippen LogP contribution in [-0.4, -0.2) is 39.5 Å². The van der Waals surface area contributed by atoms with Crippen LogP contribution >= 0.6 is 0 Å². The molecule has 1 unspecified atom stereocenters. The van der Waals surface area contributed by atoms with Crippen LogP contribution in [0.25, 0.3) is 11.3 Å². The zero-order valence-electron chi connectivity index (χ0n) is 17.8. The summed E-state index contributed by atoms with van der Waals surface area (Å²) in [7, 11) is -1.62. The number of benzene rings is 1. The van der Waals surface area contributed by atoms with Crippen molar-refractivity contribution in [2.24, 2.45) is 0 Å². The van der Waals surface area contributed by atoms with E-state index in [4.69, 9.17) is 0 Å². The van der Waals surface area contributed by atoms with Gasteiger partial charge in [0.2, 0.25) is 11.8 Å². The van der Waals surface area contributed by atoms with E-state index in [0.717, 1.165) is 23.4 Å².